The van der Waals surface area contributed by atoms with Gasteiger partial charge in [-0.25, -0.2) is 0 Å². The van der Waals surface area contributed by atoms with Gasteiger partial charge in [-0.05, 0) is 79.2 Å². The van der Waals surface area contributed by atoms with Crippen molar-refractivity contribution >= 4 is 11.6 Å². The van der Waals surface area contributed by atoms with E-state index in [0.717, 1.165) is 40.3 Å². The van der Waals surface area contributed by atoms with Crippen LogP contribution in [0.1, 0.15) is 34.6 Å². The first-order valence-electron chi connectivity index (χ1n) is 13.5. The zero-order chi connectivity index (χ0) is 28.4. The van der Waals surface area contributed by atoms with E-state index in [2.05, 4.69) is 4.90 Å². The van der Waals surface area contributed by atoms with Crippen LogP contribution in [-0.2, 0) is 16.9 Å². The van der Waals surface area contributed by atoms with Crippen LogP contribution in [0.25, 0.3) is 0 Å². The lowest BCUT2D eigenvalue weighted by Gasteiger charge is -2.38. The van der Waals surface area contributed by atoms with Crippen molar-refractivity contribution in [2.24, 2.45) is 0 Å². The Hall–Kier alpha value is -3.35. The van der Waals surface area contributed by atoms with Gasteiger partial charge >= 0.3 is 0 Å². The standard InChI is InChI=1S/C34H38ClNO4/c1-36(2)22-24-40-32-19-13-29(14-20-32)34(37,28-11-17-31(38-3)18-12-28)33(27-9-15-30(35)16-10-27)21-23-39-25-26-7-5-4-6-8-26/h4-20,33,37H,21-25H2,1-3H3. The SMILES string of the molecule is COc1ccc(C(O)(c2ccc(OCCN(C)C)cc2)C(CCOCc2ccccc2)c2ccc(Cl)cc2)cc1. The molecule has 0 bridgehead atoms. The van der Waals surface area contributed by atoms with Crippen LogP contribution in [0.3, 0.4) is 0 Å². The molecule has 0 saturated carbocycles. The van der Waals surface area contributed by atoms with Crippen LogP contribution in [0.5, 0.6) is 11.5 Å². The minimum Gasteiger partial charge on any atom is -0.497 e. The maximum atomic E-state index is 12.8. The molecule has 4 aromatic rings. The molecule has 6 heteroatoms. The molecular weight excluding hydrogens is 522 g/mol. The smallest absolute Gasteiger partial charge is 0.121 e. The maximum absolute atomic E-state index is 12.8. The van der Waals surface area contributed by atoms with Crippen LogP contribution in [-0.4, -0.2) is 51.0 Å². The third kappa shape index (κ3) is 7.64. The number of hydrogen-bond donors (Lipinski definition) is 1. The highest BCUT2D eigenvalue weighted by molar-refractivity contribution is 6.30. The Bertz CT molecular complexity index is 1290. The Morgan fingerprint density at radius 3 is 1.95 bits per heavy atom. The van der Waals surface area contributed by atoms with E-state index >= 15 is 0 Å². The van der Waals surface area contributed by atoms with Gasteiger partial charge in [-0.2, -0.15) is 0 Å². The lowest BCUT2D eigenvalue weighted by molar-refractivity contribution is 0.0275. The fourth-order valence-corrected chi connectivity index (χ4v) is 4.97. The lowest BCUT2D eigenvalue weighted by Crippen LogP contribution is -2.36. The first-order chi connectivity index (χ1) is 19.4. The summed E-state index contributed by atoms with van der Waals surface area (Å²) >= 11 is 6.25. The molecule has 2 unspecified atom stereocenters. The molecule has 0 amide bonds. The van der Waals surface area contributed by atoms with Crippen molar-refractivity contribution in [2.45, 2.75) is 24.5 Å². The van der Waals surface area contributed by atoms with Crippen molar-refractivity contribution in [3.8, 4) is 11.5 Å². The number of ether oxygens (including phenoxy) is 3. The Balaban J connectivity index is 1.68. The fourth-order valence-electron chi connectivity index (χ4n) is 4.84. The van der Waals surface area contributed by atoms with E-state index in [1.54, 1.807) is 7.11 Å². The van der Waals surface area contributed by atoms with Crippen molar-refractivity contribution in [3.05, 3.63) is 130 Å². The molecule has 0 heterocycles. The molecule has 0 radical (unpaired) electrons. The van der Waals surface area contributed by atoms with Gasteiger partial charge in [0.05, 0.1) is 13.7 Å². The highest BCUT2D eigenvalue weighted by Gasteiger charge is 2.41. The second-order valence-corrected chi connectivity index (χ2v) is 10.5. The van der Waals surface area contributed by atoms with E-state index in [0.29, 0.717) is 31.3 Å². The molecule has 1 N–H and O–H groups in total. The summed E-state index contributed by atoms with van der Waals surface area (Å²) in [5, 5.41) is 13.4. The van der Waals surface area contributed by atoms with E-state index in [1.165, 1.54) is 0 Å². The largest absolute Gasteiger partial charge is 0.497 e. The highest BCUT2D eigenvalue weighted by atomic mass is 35.5. The first-order valence-corrected chi connectivity index (χ1v) is 13.9. The predicted octanol–water partition coefficient (Wildman–Crippen LogP) is 6.92. The van der Waals surface area contributed by atoms with Gasteiger partial charge in [0, 0.05) is 24.1 Å². The third-order valence-corrected chi connectivity index (χ3v) is 7.32. The molecule has 0 spiro atoms. The second kappa shape index (κ2) is 14.3. The second-order valence-electron chi connectivity index (χ2n) is 10.1. The summed E-state index contributed by atoms with van der Waals surface area (Å²) in [4.78, 5) is 2.08. The van der Waals surface area contributed by atoms with Crippen LogP contribution < -0.4 is 9.47 Å². The third-order valence-electron chi connectivity index (χ3n) is 7.07. The van der Waals surface area contributed by atoms with E-state index in [-0.39, 0.29) is 5.92 Å². The molecule has 0 aromatic heterocycles. The van der Waals surface area contributed by atoms with Gasteiger partial charge in [0.2, 0.25) is 0 Å². The molecule has 0 aliphatic heterocycles. The van der Waals surface area contributed by atoms with E-state index < -0.39 is 5.60 Å². The summed E-state index contributed by atoms with van der Waals surface area (Å²) in [6.45, 7) is 2.38. The molecule has 0 saturated heterocycles. The molecule has 2 atom stereocenters. The predicted molar refractivity (Wildman–Crippen MR) is 161 cm³/mol. The quantitative estimate of drug-likeness (QED) is 0.170. The zero-order valence-electron chi connectivity index (χ0n) is 23.4. The Kier molecular flexibility index (Phi) is 10.6. The van der Waals surface area contributed by atoms with Crippen molar-refractivity contribution < 1.29 is 19.3 Å². The monoisotopic (exact) mass is 559 g/mol. The topological polar surface area (TPSA) is 51.2 Å². The van der Waals surface area contributed by atoms with Crippen LogP contribution in [0, 0.1) is 0 Å². The summed E-state index contributed by atoms with van der Waals surface area (Å²) in [7, 11) is 5.67. The van der Waals surface area contributed by atoms with Gasteiger partial charge in [-0.3, -0.25) is 0 Å². The normalized spacial score (nSPS) is 13.6. The molecule has 210 valence electrons. The number of hydrogen-bond acceptors (Lipinski definition) is 5. The molecule has 0 aliphatic carbocycles. The van der Waals surface area contributed by atoms with Crippen molar-refractivity contribution in [1.82, 2.24) is 4.90 Å². The van der Waals surface area contributed by atoms with Gasteiger partial charge in [-0.15, -0.1) is 0 Å². The zero-order valence-corrected chi connectivity index (χ0v) is 24.2. The van der Waals surface area contributed by atoms with Gasteiger partial charge < -0.3 is 24.2 Å². The molecular formula is C34H38ClNO4. The highest BCUT2D eigenvalue weighted by Crippen LogP contribution is 2.45. The Labute approximate surface area is 242 Å². The minimum absolute atomic E-state index is 0.325. The van der Waals surface area contributed by atoms with Crippen molar-refractivity contribution in [1.29, 1.82) is 0 Å². The minimum atomic E-state index is -1.36. The number of halogens is 1. The van der Waals surface area contributed by atoms with Gasteiger partial charge in [0.15, 0.2) is 0 Å². The Morgan fingerprint density at radius 1 is 0.775 bits per heavy atom. The van der Waals surface area contributed by atoms with E-state index in [1.807, 2.05) is 117 Å². The molecule has 40 heavy (non-hydrogen) atoms. The van der Waals surface area contributed by atoms with Crippen molar-refractivity contribution in [2.75, 3.05) is 41.0 Å². The molecule has 0 fully saturated rings. The van der Waals surface area contributed by atoms with Crippen LogP contribution in [0.15, 0.2) is 103 Å². The maximum Gasteiger partial charge on any atom is 0.121 e. The van der Waals surface area contributed by atoms with Crippen molar-refractivity contribution in [3.63, 3.8) is 0 Å². The van der Waals surface area contributed by atoms with Gasteiger partial charge in [0.25, 0.3) is 0 Å². The number of likely N-dealkylation sites (N-methyl/N-ethyl adjacent to an activating group) is 1. The van der Waals surface area contributed by atoms with E-state index in [9.17, 15) is 5.11 Å². The Morgan fingerprint density at radius 2 is 1.38 bits per heavy atom. The number of aliphatic hydroxyl groups is 1. The number of methoxy groups -OCH3 is 1. The molecule has 5 nitrogen and oxygen atoms in total. The number of rotatable bonds is 14. The van der Waals surface area contributed by atoms with Crippen LogP contribution in [0.2, 0.25) is 5.02 Å². The fraction of sp³-hybridized carbons (Fsp3) is 0.294. The van der Waals surface area contributed by atoms with Crippen LogP contribution >= 0.6 is 11.6 Å². The average molecular weight is 560 g/mol. The molecule has 0 aliphatic rings. The summed E-state index contributed by atoms with van der Waals surface area (Å²) in [6, 6.07) is 33.1. The number of nitrogens with zero attached hydrogens (tertiary/aromatic N) is 1. The van der Waals surface area contributed by atoms with E-state index in [4.69, 9.17) is 25.8 Å². The summed E-state index contributed by atoms with van der Waals surface area (Å²) in [5.41, 5.74) is 2.25. The molecule has 4 rings (SSSR count). The summed E-state index contributed by atoms with van der Waals surface area (Å²) < 4.78 is 17.4. The molecule has 4 aromatic carbocycles. The van der Waals surface area contributed by atoms with Crippen LogP contribution in [0.4, 0.5) is 0 Å². The van der Waals surface area contributed by atoms with Gasteiger partial charge in [0.1, 0.15) is 23.7 Å². The lowest BCUT2D eigenvalue weighted by atomic mass is 9.71. The number of benzene rings is 4. The summed E-state index contributed by atoms with van der Waals surface area (Å²) in [6.07, 6.45) is 0.581. The average Bonchev–Trinajstić information content (AvgIpc) is 2.98. The van der Waals surface area contributed by atoms with Gasteiger partial charge in [-0.1, -0.05) is 78.3 Å². The first kappa shape index (κ1) is 29.6. The summed E-state index contributed by atoms with van der Waals surface area (Å²) in [5.74, 6) is 1.16.